The third-order valence-corrected chi connectivity index (χ3v) is 2.96. The maximum atomic E-state index is 3.23. The van der Waals surface area contributed by atoms with Crippen LogP contribution in [0.3, 0.4) is 0 Å². The third-order valence-electron chi connectivity index (χ3n) is 2.96. The summed E-state index contributed by atoms with van der Waals surface area (Å²) in [7, 11) is 0. The summed E-state index contributed by atoms with van der Waals surface area (Å²) in [6, 6.07) is 12.9. The first-order valence-corrected chi connectivity index (χ1v) is 5.45. The van der Waals surface area contributed by atoms with E-state index in [-0.39, 0.29) is 0 Å². The largest absolute Gasteiger partial charge is 0.365 e. The van der Waals surface area contributed by atoms with Gasteiger partial charge in [0.2, 0.25) is 0 Å². The van der Waals surface area contributed by atoms with Crippen molar-refractivity contribution in [3.8, 4) is 0 Å². The molecular weight excluding hydrogens is 182 g/mol. The maximum absolute atomic E-state index is 3.23. The van der Waals surface area contributed by atoms with Gasteiger partial charge >= 0.3 is 0 Å². The number of rotatable bonds is 3. The first-order chi connectivity index (χ1) is 7.27. The Labute approximate surface area is 91.2 Å². The van der Waals surface area contributed by atoms with Gasteiger partial charge in [-0.25, -0.2) is 0 Å². The van der Waals surface area contributed by atoms with Crippen molar-refractivity contribution in [2.75, 3.05) is 0 Å². The highest BCUT2D eigenvalue weighted by Crippen LogP contribution is 2.21. The molecule has 0 fully saturated rings. The molecule has 0 aliphatic heterocycles. The van der Waals surface area contributed by atoms with Gasteiger partial charge in [0.1, 0.15) is 0 Å². The summed E-state index contributed by atoms with van der Waals surface area (Å²) in [4.78, 5) is 3.23. The number of hydrogen-bond acceptors (Lipinski definition) is 0. The lowest BCUT2D eigenvalue weighted by Crippen LogP contribution is -1.98. The molecule has 1 atom stereocenters. The number of nitrogens with one attached hydrogen (secondary N) is 1. The Bertz CT molecular complexity index is 414. The number of aromatic nitrogens is 1. The second kappa shape index (κ2) is 4.35. The summed E-state index contributed by atoms with van der Waals surface area (Å²) < 4.78 is 0. The van der Waals surface area contributed by atoms with Crippen LogP contribution in [-0.2, 0) is 6.42 Å². The number of hydrogen-bond donors (Lipinski definition) is 1. The number of H-pyrrole nitrogens is 1. The SMILES string of the molecule is Cc1[nH]ccc1CC(C)c1ccccc1. The Kier molecular flexibility index (Phi) is 2.91. The van der Waals surface area contributed by atoms with Crippen molar-refractivity contribution in [3.05, 3.63) is 59.4 Å². The Morgan fingerprint density at radius 3 is 2.47 bits per heavy atom. The van der Waals surface area contributed by atoms with Crippen LogP contribution in [0.4, 0.5) is 0 Å². The fourth-order valence-electron chi connectivity index (χ4n) is 1.94. The molecule has 1 heteroatoms. The standard InChI is InChI=1S/C14H17N/c1-11(13-6-4-3-5-7-13)10-14-8-9-15-12(14)2/h3-9,11,15H,10H2,1-2H3. The maximum Gasteiger partial charge on any atom is 0.0148 e. The molecule has 1 aromatic heterocycles. The Hall–Kier alpha value is -1.50. The predicted molar refractivity (Wildman–Crippen MR) is 64.1 cm³/mol. The van der Waals surface area contributed by atoms with Crippen LogP contribution >= 0.6 is 0 Å². The van der Waals surface area contributed by atoms with Crippen LogP contribution in [0, 0.1) is 6.92 Å². The first-order valence-electron chi connectivity index (χ1n) is 5.45. The van der Waals surface area contributed by atoms with Gasteiger partial charge in [-0.2, -0.15) is 0 Å². The van der Waals surface area contributed by atoms with Crippen LogP contribution in [0.15, 0.2) is 42.6 Å². The lowest BCUT2D eigenvalue weighted by atomic mass is 9.94. The molecule has 0 spiro atoms. The molecule has 1 N–H and O–H groups in total. The molecule has 2 aromatic rings. The number of aryl methyl sites for hydroxylation is 1. The Morgan fingerprint density at radius 1 is 1.13 bits per heavy atom. The first kappa shape index (κ1) is 10.0. The van der Waals surface area contributed by atoms with Crippen molar-refractivity contribution in [1.29, 1.82) is 0 Å². The van der Waals surface area contributed by atoms with Gasteiger partial charge in [-0.3, -0.25) is 0 Å². The molecule has 2 rings (SSSR count). The minimum absolute atomic E-state index is 0.584. The average Bonchev–Trinajstić information content (AvgIpc) is 2.66. The smallest absolute Gasteiger partial charge is 0.0148 e. The molecule has 0 amide bonds. The van der Waals surface area contributed by atoms with Crippen molar-refractivity contribution >= 4 is 0 Å². The summed E-state index contributed by atoms with van der Waals surface area (Å²) in [5, 5.41) is 0. The summed E-state index contributed by atoms with van der Waals surface area (Å²) in [6.07, 6.45) is 3.13. The minimum atomic E-state index is 0.584. The van der Waals surface area contributed by atoms with Gasteiger partial charge in [-0.05, 0) is 36.5 Å². The molecule has 78 valence electrons. The highest BCUT2D eigenvalue weighted by Gasteiger charge is 2.07. The summed E-state index contributed by atoms with van der Waals surface area (Å²) in [5.74, 6) is 0.584. The lowest BCUT2D eigenvalue weighted by molar-refractivity contribution is 0.756. The van der Waals surface area contributed by atoms with Gasteiger partial charge in [0.15, 0.2) is 0 Å². The number of aromatic amines is 1. The molecule has 1 unspecified atom stereocenters. The molecule has 1 heterocycles. The fourth-order valence-corrected chi connectivity index (χ4v) is 1.94. The summed E-state index contributed by atoms with van der Waals surface area (Å²) >= 11 is 0. The highest BCUT2D eigenvalue weighted by atomic mass is 14.7. The molecule has 0 bridgehead atoms. The second-order valence-electron chi connectivity index (χ2n) is 4.14. The Balaban J connectivity index is 2.11. The molecule has 1 aromatic carbocycles. The molecule has 0 saturated heterocycles. The van der Waals surface area contributed by atoms with E-state index in [1.807, 2.05) is 6.20 Å². The van der Waals surface area contributed by atoms with Gasteiger partial charge in [0.05, 0.1) is 0 Å². The monoisotopic (exact) mass is 199 g/mol. The van der Waals surface area contributed by atoms with Crippen molar-refractivity contribution in [3.63, 3.8) is 0 Å². The zero-order chi connectivity index (χ0) is 10.7. The van der Waals surface area contributed by atoms with Crippen LogP contribution in [0.25, 0.3) is 0 Å². The van der Waals surface area contributed by atoms with Crippen LogP contribution < -0.4 is 0 Å². The topological polar surface area (TPSA) is 15.8 Å². The van der Waals surface area contributed by atoms with Crippen LogP contribution in [0.2, 0.25) is 0 Å². The van der Waals surface area contributed by atoms with Crippen LogP contribution in [0.1, 0.15) is 29.7 Å². The summed E-state index contributed by atoms with van der Waals surface area (Å²) in [5.41, 5.74) is 4.13. The van der Waals surface area contributed by atoms with E-state index in [1.54, 1.807) is 0 Å². The van der Waals surface area contributed by atoms with Gasteiger partial charge in [0.25, 0.3) is 0 Å². The van der Waals surface area contributed by atoms with E-state index in [2.05, 4.69) is 55.2 Å². The minimum Gasteiger partial charge on any atom is -0.365 e. The molecule has 15 heavy (non-hydrogen) atoms. The van der Waals surface area contributed by atoms with E-state index in [0.717, 1.165) is 6.42 Å². The normalized spacial score (nSPS) is 12.7. The Morgan fingerprint density at radius 2 is 1.87 bits per heavy atom. The van der Waals surface area contributed by atoms with E-state index >= 15 is 0 Å². The van der Waals surface area contributed by atoms with E-state index in [4.69, 9.17) is 0 Å². The van der Waals surface area contributed by atoms with Gasteiger partial charge < -0.3 is 4.98 Å². The predicted octanol–water partition coefficient (Wildman–Crippen LogP) is 3.67. The van der Waals surface area contributed by atoms with Gasteiger partial charge in [-0.1, -0.05) is 37.3 Å². The fraction of sp³-hybridized carbons (Fsp3) is 0.286. The van der Waals surface area contributed by atoms with E-state index < -0.39 is 0 Å². The lowest BCUT2D eigenvalue weighted by Gasteiger charge is -2.11. The molecular formula is C14H17N. The molecule has 0 saturated carbocycles. The van der Waals surface area contributed by atoms with Crippen molar-refractivity contribution in [2.45, 2.75) is 26.2 Å². The highest BCUT2D eigenvalue weighted by molar-refractivity contribution is 5.25. The van der Waals surface area contributed by atoms with Gasteiger partial charge in [0, 0.05) is 11.9 Å². The average molecular weight is 199 g/mol. The second-order valence-corrected chi connectivity index (χ2v) is 4.14. The molecule has 0 radical (unpaired) electrons. The van der Waals surface area contributed by atoms with E-state index in [1.165, 1.54) is 16.8 Å². The van der Waals surface area contributed by atoms with Gasteiger partial charge in [-0.15, -0.1) is 0 Å². The zero-order valence-corrected chi connectivity index (χ0v) is 9.33. The zero-order valence-electron chi connectivity index (χ0n) is 9.33. The van der Waals surface area contributed by atoms with Crippen molar-refractivity contribution < 1.29 is 0 Å². The van der Waals surface area contributed by atoms with E-state index in [0.29, 0.717) is 5.92 Å². The summed E-state index contributed by atoms with van der Waals surface area (Å²) in [6.45, 7) is 4.41. The number of benzene rings is 1. The quantitative estimate of drug-likeness (QED) is 0.776. The van der Waals surface area contributed by atoms with Crippen molar-refractivity contribution in [1.82, 2.24) is 4.98 Å². The van der Waals surface area contributed by atoms with E-state index in [9.17, 15) is 0 Å². The third kappa shape index (κ3) is 2.30. The molecule has 0 aliphatic rings. The molecule has 1 nitrogen and oxygen atoms in total. The van der Waals surface area contributed by atoms with Crippen LogP contribution in [0.5, 0.6) is 0 Å². The van der Waals surface area contributed by atoms with Crippen molar-refractivity contribution in [2.24, 2.45) is 0 Å². The molecule has 0 aliphatic carbocycles. The van der Waals surface area contributed by atoms with Crippen LogP contribution in [-0.4, -0.2) is 4.98 Å².